The molecule has 0 fully saturated rings. The lowest BCUT2D eigenvalue weighted by Gasteiger charge is -2.26. The zero-order valence-corrected chi connectivity index (χ0v) is 14.2. The average Bonchev–Trinajstić information content (AvgIpc) is 2.29. The molecule has 0 saturated carbocycles. The zero-order chi connectivity index (χ0) is 15.9. The smallest absolute Gasteiger partial charge is 0.330 e. The van der Waals surface area contributed by atoms with Crippen LogP contribution in [0, 0.1) is 6.92 Å². The van der Waals surface area contributed by atoms with Gasteiger partial charge < -0.3 is 22.0 Å². The molecular weight excluding hydrogens is 274 g/mol. The van der Waals surface area contributed by atoms with Crippen molar-refractivity contribution in [2.75, 3.05) is 27.2 Å². The van der Waals surface area contributed by atoms with E-state index in [0.29, 0.717) is 0 Å². The van der Waals surface area contributed by atoms with Crippen LogP contribution in [0.3, 0.4) is 0 Å². The summed E-state index contributed by atoms with van der Waals surface area (Å²) in [5, 5.41) is 7.89. The van der Waals surface area contributed by atoms with Gasteiger partial charge >= 0.3 is 5.97 Å². The van der Waals surface area contributed by atoms with Gasteiger partial charge in [0.15, 0.2) is 0 Å². The highest BCUT2D eigenvalue weighted by atomic mass is 35.5. The Morgan fingerprint density at radius 1 is 1.20 bits per heavy atom. The molecule has 0 aromatic carbocycles. The van der Waals surface area contributed by atoms with Gasteiger partial charge in [-0.25, -0.2) is 4.79 Å². The van der Waals surface area contributed by atoms with Crippen molar-refractivity contribution in [3.05, 3.63) is 44.4 Å². The van der Waals surface area contributed by atoms with E-state index in [4.69, 9.17) is 5.11 Å². The number of carbonyl (C=O) groups is 1. The van der Waals surface area contributed by atoms with Crippen LogP contribution in [-0.4, -0.2) is 42.7 Å². The third-order valence-corrected chi connectivity index (χ3v) is 1.97. The Morgan fingerprint density at radius 3 is 1.55 bits per heavy atom. The van der Waals surface area contributed by atoms with Crippen molar-refractivity contribution < 1.29 is 26.8 Å². The van der Waals surface area contributed by atoms with E-state index < -0.39 is 5.97 Å². The van der Waals surface area contributed by atoms with Gasteiger partial charge in [0.05, 0.1) is 27.2 Å². The van der Waals surface area contributed by atoms with Gasteiger partial charge in [0.1, 0.15) is 0 Å². The Labute approximate surface area is 131 Å². The monoisotopic (exact) mass is 304 g/mol. The van der Waals surface area contributed by atoms with E-state index in [0.717, 1.165) is 24.0 Å². The molecule has 0 aliphatic rings. The quantitative estimate of drug-likeness (QED) is 0.446. The maximum absolute atomic E-state index is 9.60. The first-order chi connectivity index (χ1) is 8.68. The molecule has 0 spiro atoms. The van der Waals surface area contributed by atoms with Crippen LogP contribution >= 0.6 is 0 Å². The van der Waals surface area contributed by atoms with Crippen LogP contribution in [0.15, 0.2) is 37.5 Å². The summed E-state index contributed by atoms with van der Waals surface area (Å²) in [6, 6.07) is 0. The Kier molecular flexibility index (Phi) is 24.5. The van der Waals surface area contributed by atoms with E-state index in [1.165, 1.54) is 13.3 Å². The molecule has 0 saturated heterocycles. The van der Waals surface area contributed by atoms with Crippen LogP contribution in [0.1, 0.15) is 26.7 Å². The lowest BCUT2D eigenvalue weighted by atomic mass is 10.4. The summed E-state index contributed by atoms with van der Waals surface area (Å²) in [5.74, 6) is -0.935. The molecule has 0 aromatic heterocycles. The summed E-state index contributed by atoms with van der Waals surface area (Å²) in [7, 11) is 4.31. The van der Waals surface area contributed by atoms with Gasteiger partial charge in [0, 0.05) is 5.57 Å². The summed E-state index contributed by atoms with van der Waals surface area (Å²) in [4.78, 5) is 9.60. The first-order valence-electron chi connectivity index (χ1n) is 6.40. The van der Waals surface area contributed by atoms with Gasteiger partial charge in [0.25, 0.3) is 0 Å². The fourth-order valence-electron chi connectivity index (χ4n) is 0.774. The van der Waals surface area contributed by atoms with E-state index in [1.54, 1.807) is 0 Å². The molecular formula is C16H31ClNO2. The number of carboxylic acids is 1. The van der Waals surface area contributed by atoms with Crippen molar-refractivity contribution in [1.82, 2.24) is 0 Å². The largest absolute Gasteiger partial charge is 1.00 e. The molecule has 0 rings (SSSR count). The van der Waals surface area contributed by atoms with Crippen LogP contribution in [0.25, 0.3) is 0 Å². The van der Waals surface area contributed by atoms with Gasteiger partial charge in [0.2, 0.25) is 0 Å². The van der Waals surface area contributed by atoms with Crippen LogP contribution < -0.4 is 12.4 Å². The second kappa shape index (κ2) is 17.9. The van der Waals surface area contributed by atoms with E-state index in [1.807, 2.05) is 12.2 Å². The lowest BCUT2D eigenvalue weighted by molar-refractivity contribution is -0.878. The first-order valence-corrected chi connectivity index (χ1v) is 6.40. The maximum atomic E-state index is 9.60. The molecule has 0 heterocycles. The number of hydrogen-bond acceptors (Lipinski definition) is 1. The molecule has 20 heavy (non-hydrogen) atoms. The molecule has 0 amide bonds. The van der Waals surface area contributed by atoms with Crippen LogP contribution in [-0.2, 0) is 4.79 Å². The molecule has 0 aliphatic heterocycles. The van der Waals surface area contributed by atoms with Crippen molar-refractivity contribution >= 4 is 5.97 Å². The van der Waals surface area contributed by atoms with Gasteiger partial charge in [-0.1, -0.05) is 46.4 Å². The molecule has 1 radical (unpaired) electrons. The van der Waals surface area contributed by atoms with Gasteiger partial charge in [-0.3, -0.25) is 0 Å². The Morgan fingerprint density at radius 2 is 1.45 bits per heavy atom. The van der Waals surface area contributed by atoms with Gasteiger partial charge in [-0.15, -0.1) is 0 Å². The van der Waals surface area contributed by atoms with Crippen molar-refractivity contribution in [2.24, 2.45) is 0 Å². The fourth-order valence-corrected chi connectivity index (χ4v) is 0.774. The Bertz CT molecular complexity index is 248. The van der Waals surface area contributed by atoms with E-state index in [-0.39, 0.29) is 18.0 Å². The molecule has 119 valence electrons. The SMILES string of the molecule is C=C(C)C(=O)O.C=CC[N+](C)(C)CC=C.[CH2]CCC.[Cl-]. The fraction of sp³-hybridized carbons (Fsp3) is 0.500. The average molecular weight is 305 g/mol. The number of carboxylic acid groups (broad SMARTS) is 1. The topological polar surface area (TPSA) is 37.3 Å². The highest BCUT2D eigenvalue weighted by Crippen LogP contribution is 1.95. The molecule has 1 N–H and O–H groups in total. The summed E-state index contributed by atoms with van der Waals surface area (Å²) in [6.07, 6.45) is 6.15. The Balaban J connectivity index is -0.000000102. The number of aliphatic carboxylic acids is 1. The van der Waals surface area contributed by atoms with E-state index >= 15 is 0 Å². The van der Waals surface area contributed by atoms with Crippen molar-refractivity contribution in [1.29, 1.82) is 0 Å². The minimum absolute atomic E-state index is 0. The van der Waals surface area contributed by atoms with Crippen molar-refractivity contribution in [3.8, 4) is 0 Å². The van der Waals surface area contributed by atoms with Crippen LogP contribution in [0.2, 0.25) is 0 Å². The predicted molar refractivity (Wildman–Crippen MR) is 85.0 cm³/mol. The molecule has 0 bridgehead atoms. The third kappa shape index (κ3) is 30.2. The summed E-state index contributed by atoms with van der Waals surface area (Å²) in [5.41, 5.74) is 0.176. The third-order valence-electron chi connectivity index (χ3n) is 1.97. The highest BCUT2D eigenvalue weighted by molar-refractivity contribution is 5.84. The second-order valence-electron chi connectivity index (χ2n) is 4.82. The number of likely N-dealkylation sites (N-methyl/N-ethyl adjacent to an activating group) is 1. The van der Waals surface area contributed by atoms with Crippen LogP contribution in [0.5, 0.6) is 0 Å². The minimum Gasteiger partial charge on any atom is -1.00 e. The molecule has 4 heteroatoms. The summed E-state index contributed by atoms with van der Waals surface area (Å²) >= 11 is 0. The summed E-state index contributed by atoms with van der Waals surface area (Å²) in [6.45, 7) is 19.7. The standard InChI is InChI=1S/C8H16N.C4H6O2.C4H9.ClH/c1-5-7-9(3,4)8-6-2;1-3(2)4(5)6;1-3-4-2;/h5-6H,1-2,7-8H2,3-4H3;1H2,2H3,(H,5,6);1,3-4H2,2H3;1H/q+1;;;/p-1. The number of rotatable bonds is 6. The Hall–Kier alpha value is -1.06. The van der Waals surface area contributed by atoms with Crippen LogP contribution in [0.4, 0.5) is 0 Å². The van der Waals surface area contributed by atoms with Gasteiger partial charge in [-0.2, -0.15) is 0 Å². The molecule has 0 aliphatic carbocycles. The number of quaternary nitrogens is 1. The molecule has 3 nitrogen and oxygen atoms in total. The second-order valence-corrected chi connectivity index (χ2v) is 4.82. The molecule has 0 unspecified atom stereocenters. The van der Waals surface area contributed by atoms with Crippen molar-refractivity contribution in [2.45, 2.75) is 26.7 Å². The number of nitrogens with zero attached hydrogens (tertiary/aromatic N) is 1. The number of hydrogen-bond donors (Lipinski definition) is 1. The number of unbranched alkanes of at least 4 members (excludes halogenated alkanes) is 1. The molecule has 0 aromatic rings. The van der Waals surface area contributed by atoms with E-state index in [9.17, 15) is 4.79 Å². The zero-order valence-electron chi connectivity index (χ0n) is 13.5. The lowest BCUT2D eigenvalue weighted by Crippen LogP contribution is -3.00. The first kappa shape index (κ1) is 27.3. The highest BCUT2D eigenvalue weighted by Gasteiger charge is 2.07. The summed E-state index contributed by atoms with van der Waals surface area (Å²) < 4.78 is 0.951. The normalized spacial score (nSPS) is 8.65. The minimum atomic E-state index is -0.935. The van der Waals surface area contributed by atoms with E-state index in [2.05, 4.69) is 47.7 Å². The maximum Gasteiger partial charge on any atom is 0.330 e. The number of halogens is 1. The molecule has 0 atom stereocenters. The predicted octanol–water partition coefficient (Wildman–Crippen LogP) is 0.706. The van der Waals surface area contributed by atoms with Gasteiger partial charge in [-0.05, 0) is 19.1 Å². The van der Waals surface area contributed by atoms with Crippen molar-refractivity contribution in [3.63, 3.8) is 0 Å².